The second-order valence-electron chi connectivity index (χ2n) is 4.90. The van der Waals surface area contributed by atoms with E-state index in [9.17, 15) is 10.1 Å². The summed E-state index contributed by atoms with van der Waals surface area (Å²) in [6.07, 6.45) is -0.638. The van der Waals surface area contributed by atoms with Crippen LogP contribution in [0.2, 0.25) is 0 Å². The molecule has 1 aromatic heterocycles. The molecular formula is C18H15N3O3S. The van der Waals surface area contributed by atoms with Gasteiger partial charge in [0.1, 0.15) is 11.1 Å². The summed E-state index contributed by atoms with van der Waals surface area (Å²) < 4.78 is 10.3. The first kappa shape index (κ1) is 18.6. The van der Waals surface area contributed by atoms with E-state index in [0.717, 1.165) is 0 Å². The van der Waals surface area contributed by atoms with Gasteiger partial charge in [0.2, 0.25) is 6.29 Å². The molecule has 0 saturated carbocycles. The van der Waals surface area contributed by atoms with Crippen LogP contribution < -0.4 is 0 Å². The Morgan fingerprint density at radius 1 is 1.12 bits per heavy atom. The predicted molar refractivity (Wildman–Crippen MR) is 91.9 cm³/mol. The molecule has 2 aromatic rings. The zero-order valence-corrected chi connectivity index (χ0v) is 14.5. The first-order chi connectivity index (χ1) is 12.1. The molecule has 7 heteroatoms. The van der Waals surface area contributed by atoms with Gasteiger partial charge in [-0.3, -0.25) is 4.79 Å². The molecule has 1 aromatic carbocycles. The van der Waals surface area contributed by atoms with E-state index < -0.39 is 6.29 Å². The molecule has 2 rings (SSSR count). The van der Waals surface area contributed by atoms with Crippen molar-refractivity contribution in [3.63, 3.8) is 0 Å². The Labute approximate surface area is 150 Å². The lowest BCUT2D eigenvalue weighted by molar-refractivity contribution is -0.108. The van der Waals surface area contributed by atoms with Crippen LogP contribution in [0.5, 0.6) is 0 Å². The molecule has 0 saturated heterocycles. The quantitative estimate of drug-likeness (QED) is 0.429. The Morgan fingerprint density at radius 3 is 2.36 bits per heavy atom. The van der Waals surface area contributed by atoms with Gasteiger partial charge in [-0.2, -0.15) is 10.5 Å². The van der Waals surface area contributed by atoms with Gasteiger partial charge in [0.25, 0.3) is 0 Å². The van der Waals surface area contributed by atoms with Crippen molar-refractivity contribution in [2.45, 2.75) is 11.3 Å². The van der Waals surface area contributed by atoms with Crippen LogP contribution in [0.1, 0.15) is 33.5 Å². The number of carbonyl (C=O) groups is 1. The Bertz CT molecular complexity index is 834. The minimum Gasteiger partial charge on any atom is -0.350 e. The van der Waals surface area contributed by atoms with Gasteiger partial charge in [0.05, 0.1) is 28.6 Å². The minimum absolute atomic E-state index is 0.111. The minimum atomic E-state index is -0.638. The number of pyridine rings is 1. The van der Waals surface area contributed by atoms with Crippen molar-refractivity contribution in [2.24, 2.45) is 0 Å². The largest absolute Gasteiger partial charge is 0.350 e. The van der Waals surface area contributed by atoms with Gasteiger partial charge in [-0.15, -0.1) is 0 Å². The molecule has 25 heavy (non-hydrogen) atoms. The molecule has 0 aliphatic rings. The highest BCUT2D eigenvalue weighted by Crippen LogP contribution is 2.25. The molecule has 1 heterocycles. The molecule has 0 unspecified atom stereocenters. The van der Waals surface area contributed by atoms with E-state index in [0.29, 0.717) is 27.4 Å². The molecule has 0 fully saturated rings. The Morgan fingerprint density at radius 2 is 1.80 bits per heavy atom. The summed E-state index contributed by atoms with van der Waals surface area (Å²) in [6, 6.07) is 13.8. The van der Waals surface area contributed by atoms with E-state index in [2.05, 4.69) is 11.1 Å². The normalized spacial score (nSPS) is 10.3. The highest BCUT2D eigenvalue weighted by Gasteiger charge is 2.15. The van der Waals surface area contributed by atoms with Crippen molar-refractivity contribution >= 4 is 17.5 Å². The van der Waals surface area contributed by atoms with Crippen LogP contribution in [0.25, 0.3) is 0 Å². The number of aromatic nitrogens is 1. The van der Waals surface area contributed by atoms with Crippen molar-refractivity contribution in [3.05, 3.63) is 58.8 Å². The van der Waals surface area contributed by atoms with E-state index in [1.54, 1.807) is 36.4 Å². The van der Waals surface area contributed by atoms with E-state index >= 15 is 0 Å². The van der Waals surface area contributed by atoms with Crippen LogP contribution in [0.15, 0.2) is 41.4 Å². The SMILES string of the molecule is COC(OC)c1ccc(C#N)c(SCC(=O)c2ccc(C#N)cc2)n1. The van der Waals surface area contributed by atoms with E-state index in [4.69, 9.17) is 14.7 Å². The second-order valence-corrected chi connectivity index (χ2v) is 5.87. The van der Waals surface area contributed by atoms with Crippen molar-refractivity contribution < 1.29 is 14.3 Å². The first-order valence-electron chi connectivity index (χ1n) is 7.25. The smallest absolute Gasteiger partial charge is 0.200 e. The number of rotatable bonds is 7. The molecular weight excluding hydrogens is 338 g/mol. The van der Waals surface area contributed by atoms with Crippen LogP contribution in [0, 0.1) is 22.7 Å². The number of nitrogens with zero attached hydrogens (tertiary/aromatic N) is 3. The summed E-state index contributed by atoms with van der Waals surface area (Å²) in [4.78, 5) is 16.7. The van der Waals surface area contributed by atoms with Crippen molar-refractivity contribution in [1.82, 2.24) is 4.98 Å². The Kier molecular flexibility index (Phi) is 6.67. The van der Waals surface area contributed by atoms with Crippen molar-refractivity contribution in [1.29, 1.82) is 10.5 Å². The highest BCUT2D eigenvalue weighted by molar-refractivity contribution is 8.00. The van der Waals surface area contributed by atoms with Gasteiger partial charge < -0.3 is 9.47 Å². The summed E-state index contributed by atoms with van der Waals surface area (Å²) in [5.41, 5.74) is 1.91. The number of hydrogen-bond acceptors (Lipinski definition) is 7. The highest BCUT2D eigenvalue weighted by atomic mass is 32.2. The zero-order valence-electron chi connectivity index (χ0n) is 13.7. The van der Waals surface area contributed by atoms with Gasteiger partial charge in [-0.1, -0.05) is 23.9 Å². The fraction of sp³-hybridized carbons (Fsp3) is 0.222. The lowest BCUT2D eigenvalue weighted by Crippen LogP contribution is -2.08. The summed E-state index contributed by atoms with van der Waals surface area (Å²) >= 11 is 1.18. The summed E-state index contributed by atoms with van der Waals surface area (Å²) in [7, 11) is 2.99. The second kappa shape index (κ2) is 8.95. The zero-order chi connectivity index (χ0) is 18.2. The number of benzene rings is 1. The van der Waals surface area contributed by atoms with Crippen molar-refractivity contribution in [2.75, 3.05) is 20.0 Å². The molecule has 0 atom stereocenters. The lowest BCUT2D eigenvalue weighted by atomic mass is 10.1. The maximum atomic E-state index is 12.3. The number of hydrogen-bond donors (Lipinski definition) is 0. The van der Waals surface area contributed by atoms with Gasteiger partial charge in [0.15, 0.2) is 5.78 Å². The number of Topliss-reactive ketones (excluding diaryl/α,β-unsaturated/α-hetero) is 1. The number of thioether (sulfide) groups is 1. The lowest BCUT2D eigenvalue weighted by Gasteiger charge is -2.14. The number of carbonyl (C=O) groups excluding carboxylic acids is 1. The predicted octanol–water partition coefficient (Wildman–Crippen LogP) is 3.09. The summed E-state index contributed by atoms with van der Waals surface area (Å²) in [6.45, 7) is 0. The van der Waals surface area contributed by atoms with E-state index in [-0.39, 0.29) is 11.5 Å². The molecule has 0 N–H and O–H groups in total. The number of methoxy groups -OCH3 is 2. The van der Waals surface area contributed by atoms with E-state index in [1.165, 1.54) is 26.0 Å². The summed E-state index contributed by atoms with van der Waals surface area (Å²) in [5.74, 6) is 0.0161. The third kappa shape index (κ3) is 4.65. The third-order valence-corrected chi connectivity index (χ3v) is 4.34. The monoisotopic (exact) mass is 353 g/mol. The first-order valence-corrected chi connectivity index (χ1v) is 8.24. The summed E-state index contributed by atoms with van der Waals surface area (Å²) in [5, 5.41) is 18.5. The van der Waals surface area contributed by atoms with Crippen LogP contribution >= 0.6 is 11.8 Å². The molecule has 0 bridgehead atoms. The number of ether oxygens (including phenoxy) is 2. The average molecular weight is 353 g/mol. The molecule has 126 valence electrons. The van der Waals surface area contributed by atoms with Crippen LogP contribution in [-0.2, 0) is 9.47 Å². The van der Waals surface area contributed by atoms with Crippen LogP contribution in [0.4, 0.5) is 0 Å². The fourth-order valence-corrected chi connectivity index (χ4v) is 2.94. The molecule has 0 aliphatic heterocycles. The van der Waals surface area contributed by atoms with Crippen LogP contribution in [0.3, 0.4) is 0 Å². The molecule has 0 radical (unpaired) electrons. The average Bonchev–Trinajstić information content (AvgIpc) is 2.67. The van der Waals surface area contributed by atoms with E-state index in [1.807, 2.05) is 6.07 Å². The molecule has 6 nitrogen and oxygen atoms in total. The van der Waals surface area contributed by atoms with Gasteiger partial charge in [-0.05, 0) is 24.3 Å². The fourth-order valence-electron chi connectivity index (χ4n) is 2.07. The van der Waals surface area contributed by atoms with Crippen molar-refractivity contribution in [3.8, 4) is 12.1 Å². The maximum absolute atomic E-state index is 12.3. The maximum Gasteiger partial charge on any atom is 0.200 e. The number of nitriles is 2. The standard InChI is InChI=1S/C18H15N3O3S/c1-23-18(24-2)15-8-7-14(10-20)17(21-15)25-11-16(22)13-5-3-12(9-19)4-6-13/h3-8,18H,11H2,1-2H3. The van der Waals surface area contributed by atoms with Gasteiger partial charge in [0, 0.05) is 19.8 Å². The molecule has 0 spiro atoms. The van der Waals surface area contributed by atoms with Gasteiger partial charge >= 0.3 is 0 Å². The number of ketones is 1. The molecule has 0 aliphatic carbocycles. The third-order valence-electron chi connectivity index (χ3n) is 3.35. The Hall–Kier alpha value is -2.71. The Balaban J connectivity index is 2.15. The van der Waals surface area contributed by atoms with Crippen LogP contribution in [-0.4, -0.2) is 30.7 Å². The topological polar surface area (TPSA) is 96.0 Å². The van der Waals surface area contributed by atoms with Gasteiger partial charge in [-0.25, -0.2) is 4.98 Å². The molecule has 0 amide bonds.